The molecular formula is C42H29N3. The van der Waals surface area contributed by atoms with Gasteiger partial charge < -0.3 is 0 Å². The van der Waals surface area contributed by atoms with Gasteiger partial charge in [0, 0.05) is 27.3 Å². The Bertz CT molecular complexity index is 2670. The highest BCUT2D eigenvalue weighted by molar-refractivity contribution is 6.13. The summed E-state index contributed by atoms with van der Waals surface area (Å²) in [5.74, 6) is 0.900. The number of para-hydroxylation sites is 2. The number of imidazole rings is 1. The van der Waals surface area contributed by atoms with Gasteiger partial charge in [-0.05, 0) is 74.8 Å². The van der Waals surface area contributed by atoms with Gasteiger partial charge in [0.05, 0.1) is 22.1 Å². The van der Waals surface area contributed by atoms with Crippen LogP contribution in [0, 0.1) is 0 Å². The molecule has 0 fully saturated rings. The molecule has 3 nitrogen and oxygen atoms in total. The van der Waals surface area contributed by atoms with E-state index in [-0.39, 0.29) is 5.41 Å². The number of hydrogen-bond acceptors (Lipinski definition) is 1. The highest BCUT2D eigenvalue weighted by Crippen LogP contribution is 2.53. The van der Waals surface area contributed by atoms with Crippen LogP contribution >= 0.6 is 0 Å². The molecular weight excluding hydrogens is 546 g/mol. The molecule has 212 valence electrons. The fraction of sp³-hybridized carbons (Fsp3) is 0.0714. The molecule has 7 aromatic carbocycles. The molecule has 1 aliphatic rings. The SMILES string of the molecule is CC1(C)c2cc3c(cc2-c2ccc4ccccc4c21)c1ccccc1n3-c1nc2c3ccccc3ccc2n1-c1ccccc1. The number of rotatable bonds is 2. The minimum absolute atomic E-state index is 0.156. The van der Waals surface area contributed by atoms with Crippen molar-refractivity contribution in [3.8, 4) is 22.8 Å². The van der Waals surface area contributed by atoms with Crippen LogP contribution in [0.25, 0.3) is 77.1 Å². The lowest BCUT2D eigenvalue weighted by atomic mass is 9.80. The minimum atomic E-state index is -0.156. The maximum absolute atomic E-state index is 5.50. The molecule has 9 aromatic rings. The van der Waals surface area contributed by atoms with Crippen molar-refractivity contribution in [3.05, 3.63) is 151 Å². The molecule has 10 rings (SSSR count). The second-order valence-electron chi connectivity index (χ2n) is 12.8. The highest BCUT2D eigenvalue weighted by atomic mass is 15.2. The number of benzene rings is 7. The van der Waals surface area contributed by atoms with Crippen LogP contribution in [-0.4, -0.2) is 14.1 Å². The summed E-state index contributed by atoms with van der Waals surface area (Å²) in [6.07, 6.45) is 0. The van der Waals surface area contributed by atoms with Gasteiger partial charge in [-0.2, -0.15) is 0 Å². The summed E-state index contributed by atoms with van der Waals surface area (Å²) in [5, 5.41) is 7.47. The Balaban J connectivity index is 1.35. The van der Waals surface area contributed by atoms with E-state index in [1.165, 1.54) is 54.7 Å². The summed E-state index contributed by atoms with van der Waals surface area (Å²) < 4.78 is 4.72. The van der Waals surface area contributed by atoms with E-state index in [1.54, 1.807) is 0 Å². The molecule has 0 saturated heterocycles. The fourth-order valence-corrected chi connectivity index (χ4v) is 8.06. The molecule has 0 spiro atoms. The second kappa shape index (κ2) is 8.71. The largest absolute Gasteiger partial charge is 0.279 e. The molecule has 45 heavy (non-hydrogen) atoms. The Morgan fingerprint density at radius 1 is 0.489 bits per heavy atom. The average molecular weight is 576 g/mol. The first-order valence-electron chi connectivity index (χ1n) is 15.7. The molecule has 0 unspecified atom stereocenters. The standard InChI is InChI=1S/C42H29N3/c1-42(2)35-25-38-34(24-33(35)32-22-20-26-12-6-8-16-29(26)39(32)42)31-18-10-11-19-36(31)45(38)41-43-40-30-17-9-7-13-27(30)21-23-37(40)44(41)28-14-4-3-5-15-28/h3-25H,1-2H3. The van der Waals surface area contributed by atoms with Gasteiger partial charge in [0.1, 0.15) is 0 Å². The lowest BCUT2D eigenvalue weighted by Crippen LogP contribution is -2.15. The summed E-state index contributed by atoms with van der Waals surface area (Å²) in [5.41, 5.74) is 10.8. The summed E-state index contributed by atoms with van der Waals surface area (Å²) >= 11 is 0. The molecule has 1 aliphatic carbocycles. The molecule has 2 heterocycles. The van der Waals surface area contributed by atoms with E-state index in [0.29, 0.717) is 0 Å². The van der Waals surface area contributed by atoms with Crippen molar-refractivity contribution in [3.63, 3.8) is 0 Å². The van der Waals surface area contributed by atoms with Crippen LogP contribution in [0.2, 0.25) is 0 Å². The summed E-state index contributed by atoms with van der Waals surface area (Å²) in [4.78, 5) is 5.50. The summed E-state index contributed by atoms with van der Waals surface area (Å²) in [6.45, 7) is 4.77. The average Bonchev–Trinajstić information content (AvgIpc) is 3.70. The van der Waals surface area contributed by atoms with Crippen molar-refractivity contribution in [2.75, 3.05) is 0 Å². The number of hydrogen-bond donors (Lipinski definition) is 0. The molecule has 0 saturated carbocycles. The smallest absolute Gasteiger partial charge is 0.220 e. The Morgan fingerprint density at radius 2 is 1.16 bits per heavy atom. The highest BCUT2D eigenvalue weighted by Gasteiger charge is 2.38. The Kier molecular flexibility index (Phi) is 4.79. The van der Waals surface area contributed by atoms with E-state index in [2.05, 4.69) is 163 Å². The van der Waals surface area contributed by atoms with Crippen LogP contribution in [0.15, 0.2) is 140 Å². The van der Waals surface area contributed by atoms with Gasteiger partial charge in [-0.25, -0.2) is 4.98 Å². The third kappa shape index (κ3) is 3.22. The molecule has 0 atom stereocenters. The van der Waals surface area contributed by atoms with Gasteiger partial charge in [-0.1, -0.05) is 117 Å². The van der Waals surface area contributed by atoms with Gasteiger partial charge in [0.25, 0.3) is 0 Å². The van der Waals surface area contributed by atoms with Crippen LogP contribution in [0.4, 0.5) is 0 Å². The fourth-order valence-electron chi connectivity index (χ4n) is 8.06. The van der Waals surface area contributed by atoms with E-state index in [1.807, 2.05) is 0 Å². The van der Waals surface area contributed by atoms with Crippen molar-refractivity contribution in [1.82, 2.24) is 14.1 Å². The van der Waals surface area contributed by atoms with Crippen molar-refractivity contribution in [2.24, 2.45) is 0 Å². The zero-order valence-electron chi connectivity index (χ0n) is 25.1. The van der Waals surface area contributed by atoms with Crippen LogP contribution in [0.3, 0.4) is 0 Å². The predicted molar refractivity (Wildman–Crippen MR) is 188 cm³/mol. The molecule has 0 bridgehead atoms. The minimum Gasteiger partial charge on any atom is -0.279 e. The van der Waals surface area contributed by atoms with Gasteiger partial charge in [-0.3, -0.25) is 9.13 Å². The Labute approximate surface area is 260 Å². The quantitative estimate of drug-likeness (QED) is 0.201. The molecule has 0 N–H and O–H groups in total. The predicted octanol–water partition coefficient (Wildman–Crippen LogP) is 10.7. The van der Waals surface area contributed by atoms with Gasteiger partial charge >= 0.3 is 0 Å². The Morgan fingerprint density at radius 3 is 1.98 bits per heavy atom. The third-order valence-electron chi connectivity index (χ3n) is 10.1. The van der Waals surface area contributed by atoms with E-state index in [4.69, 9.17) is 4.98 Å². The van der Waals surface area contributed by atoms with Gasteiger partial charge in [-0.15, -0.1) is 0 Å². The molecule has 2 aromatic heterocycles. The maximum atomic E-state index is 5.50. The number of nitrogens with zero attached hydrogens (tertiary/aromatic N) is 3. The second-order valence-corrected chi connectivity index (χ2v) is 12.8. The van der Waals surface area contributed by atoms with Crippen molar-refractivity contribution < 1.29 is 0 Å². The summed E-state index contributed by atoms with van der Waals surface area (Å²) in [7, 11) is 0. The van der Waals surface area contributed by atoms with Crippen LogP contribution in [0.5, 0.6) is 0 Å². The van der Waals surface area contributed by atoms with E-state index >= 15 is 0 Å². The molecule has 0 radical (unpaired) electrons. The van der Waals surface area contributed by atoms with Crippen LogP contribution in [0.1, 0.15) is 25.0 Å². The summed E-state index contributed by atoms with van der Waals surface area (Å²) in [6, 6.07) is 50.7. The molecule has 3 heteroatoms. The number of aromatic nitrogens is 3. The topological polar surface area (TPSA) is 22.8 Å². The van der Waals surface area contributed by atoms with Gasteiger partial charge in [0.2, 0.25) is 5.95 Å². The van der Waals surface area contributed by atoms with Crippen molar-refractivity contribution >= 4 is 54.4 Å². The third-order valence-corrected chi connectivity index (χ3v) is 10.1. The van der Waals surface area contributed by atoms with Crippen LogP contribution in [-0.2, 0) is 5.41 Å². The normalized spacial score (nSPS) is 13.7. The van der Waals surface area contributed by atoms with Crippen molar-refractivity contribution in [1.29, 1.82) is 0 Å². The zero-order chi connectivity index (χ0) is 29.9. The first-order valence-corrected chi connectivity index (χ1v) is 15.7. The lowest BCUT2D eigenvalue weighted by Gasteiger charge is -2.23. The van der Waals surface area contributed by atoms with E-state index < -0.39 is 0 Å². The first kappa shape index (κ1) is 24.7. The molecule has 0 aliphatic heterocycles. The van der Waals surface area contributed by atoms with Crippen LogP contribution < -0.4 is 0 Å². The lowest BCUT2D eigenvalue weighted by molar-refractivity contribution is 0.667. The zero-order valence-corrected chi connectivity index (χ0v) is 25.1. The van der Waals surface area contributed by atoms with Gasteiger partial charge in [0.15, 0.2) is 0 Å². The van der Waals surface area contributed by atoms with E-state index in [0.717, 1.165) is 33.6 Å². The monoisotopic (exact) mass is 575 g/mol. The maximum Gasteiger partial charge on any atom is 0.220 e. The van der Waals surface area contributed by atoms with E-state index in [9.17, 15) is 0 Å². The number of fused-ring (bicyclic) bond motifs is 11. The van der Waals surface area contributed by atoms with Crippen molar-refractivity contribution in [2.45, 2.75) is 19.3 Å². The first-order chi connectivity index (χ1) is 22.1. The Hall–Kier alpha value is -5.67. The molecule has 0 amide bonds.